The topological polar surface area (TPSA) is 81.1 Å². The molecular weight excluding hydrogens is 258 g/mol. The van der Waals surface area contributed by atoms with Crippen molar-refractivity contribution in [2.45, 2.75) is 12.8 Å². The van der Waals surface area contributed by atoms with E-state index in [0.29, 0.717) is 16.5 Å². The summed E-state index contributed by atoms with van der Waals surface area (Å²) in [6.45, 7) is 2.93. The van der Waals surface area contributed by atoms with E-state index in [0.717, 1.165) is 11.5 Å². The summed E-state index contributed by atoms with van der Waals surface area (Å²) in [6.07, 6.45) is 0. The van der Waals surface area contributed by atoms with E-state index in [9.17, 15) is 4.79 Å². The van der Waals surface area contributed by atoms with Gasteiger partial charge in [-0.05, 0) is 17.5 Å². The van der Waals surface area contributed by atoms with Crippen LogP contribution in [0.25, 0.3) is 0 Å². The molecule has 0 bridgehead atoms. The van der Waals surface area contributed by atoms with Gasteiger partial charge in [-0.2, -0.15) is 0 Å². The third kappa shape index (κ3) is 3.26. The lowest BCUT2D eigenvalue weighted by atomic mass is 10.0. The number of primary amides is 1. The third-order valence-corrected chi connectivity index (χ3v) is 4.06. The van der Waals surface area contributed by atoms with Gasteiger partial charge in [0.2, 0.25) is 0 Å². The second kappa shape index (κ2) is 5.75. The number of hydrogen-bond acceptors (Lipinski definition) is 4. The molecule has 0 aliphatic heterocycles. The molecule has 2 rings (SSSR count). The maximum Gasteiger partial charge on any atom is 0.260 e. The van der Waals surface area contributed by atoms with Crippen molar-refractivity contribution in [3.63, 3.8) is 0 Å². The second-order valence-electron chi connectivity index (χ2n) is 4.45. The lowest BCUT2D eigenvalue weighted by Gasteiger charge is -2.12. The summed E-state index contributed by atoms with van der Waals surface area (Å²) >= 11 is 1.29. The number of carbonyl (C=O) groups is 1. The second-order valence-corrected chi connectivity index (χ2v) is 5.50. The van der Waals surface area contributed by atoms with Crippen LogP contribution in [-0.4, -0.2) is 12.5 Å². The smallest absolute Gasteiger partial charge is 0.260 e. The maximum atomic E-state index is 11.1. The van der Waals surface area contributed by atoms with E-state index < -0.39 is 5.91 Å². The van der Waals surface area contributed by atoms with Crippen LogP contribution in [0.3, 0.4) is 0 Å². The summed E-state index contributed by atoms with van der Waals surface area (Å²) in [5, 5.41) is 4.16. The third-order valence-electron chi connectivity index (χ3n) is 2.94. The minimum absolute atomic E-state index is 0.376. The van der Waals surface area contributed by atoms with Crippen LogP contribution < -0.4 is 16.8 Å². The molecule has 1 aromatic heterocycles. The molecule has 5 N–H and O–H groups in total. The number of nitrogens with two attached hydrogens (primary N) is 2. The summed E-state index contributed by atoms with van der Waals surface area (Å²) in [5.41, 5.74) is 12.7. The maximum absolute atomic E-state index is 11.1. The van der Waals surface area contributed by atoms with Crippen LogP contribution >= 0.6 is 11.3 Å². The first kappa shape index (κ1) is 13.4. The van der Waals surface area contributed by atoms with E-state index in [-0.39, 0.29) is 0 Å². The Morgan fingerprint density at radius 3 is 2.63 bits per heavy atom. The van der Waals surface area contributed by atoms with Crippen molar-refractivity contribution in [3.8, 4) is 0 Å². The van der Waals surface area contributed by atoms with E-state index >= 15 is 0 Å². The zero-order valence-electron chi connectivity index (χ0n) is 10.7. The molecule has 4 nitrogen and oxygen atoms in total. The fourth-order valence-corrected chi connectivity index (χ4v) is 2.68. The summed E-state index contributed by atoms with van der Waals surface area (Å²) in [6, 6.07) is 12.0. The van der Waals surface area contributed by atoms with Crippen LogP contribution in [0.15, 0.2) is 36.4 Å². The number of thiophene rings is 1. The zero-order chi connectivity index (χ0) is 13.8. The molecule has 100 valence electrons. The fourth-order valence-electron chi connectivity index (χ4n) is 1.84. The predicted octanol–water partition coefficient (Wildman–Crippen LogP) is 2.64. The molecule has 0 saturated carbocycles. The number of nitrogen functional groups attached to an aromatic ring is 1. The van der Waals surface area contributed by atoms with E-state index in [2.05, 4.69) is 24.4 Å². The van der Waals surface area contributed by atoms with Crippen LogP contribution in [0.5, 0.6) is 0 Å². The van der Waals surface area contributed by atoms with Gasteiger partial charge in [-0.15, -0.1) is 11.3 Å². The highest BCUT2D eigenvalue weighted by Gasteiger charge is 2.12. The highest BCUT2D eigenvalue weighted by Crippen LogP contribution is 2.29. The number of rotatable bonds is 5. The van der Waals surface area contributed by atoms with Gasteiger partial charge in [-0.25, -0.2) is 0 Å². The minimum Gasteiger partial charge on any atom is -0.397 e. The molecule has 1 unspecified atom stereocenters. The molecule has 5 heteroatoms. The summed E-state index contributed by atoms with van der Waals surface area (Å²) in [4.78, 5) is 11.5. The average Bonchev–Trinajstić information content (AvgIpc) is 2.78. The average molecular weight is 275 g/mol. The number of amides is 1. The Morgan fingerprint density at radius 2 is 2.05 bits per heavy atom. The van der Waals surface area contributed by atoms with Crippen LogP contribution in [0.2, 0.25) is 0 Å². The summed E-state index contributed by atoms with van der Waals surface area (Å²) in [5.74, 6) is -0.104. The molecule has 0 radical (unpaired) electrons. The summed E-state index contributed by atoms with van der Waals surface area (Å²) < 4.78 is 0. The quantitative estimate of drug-likeness (QED) is 0.784. The Balaban J connectivity index is 1.99. The molecule has 2 aromatic rings. The number of hydrogen-bond donors (Lipinski definition) is 3. The highest BCUT2D eigenvalue weighted by atomic mass is 32.1. The van der Waals surface area contributed by atoms with E-state index in [1.807, 2.05) is 18.2 Å². The zero-order valence-corrected chi connectivity index (χ0v) is 11.5. The lowest BCUT2D eigenvalue weighted by Crippen LogP contribution is -2.10. The van der Waals surface area contributed by atoms with Gasteiger partial charge in [0.1, 0.15) is 4.88 Å². The van der Waals surface area contributed by atoms with Gasteiger partial charge in [0.05, 0.1) is 10.7 Å². The molecule has 1 aromatic carbocycles. The molecule has 0 aliphatic carbocycles. The van der Waals surface area contributed by atoms with E-state index in [4.69, 9.17) is 11.5 Å². The molecule has 0 spiro atoms. The van der Waals surface area contributed by atoms with Crippen molar-refractivity contribution in [1.29, 1.82) is 0 Å². The lowest BCUT2D eigenvalue weighted by molar-refractivity contribution is 0.100. The molecule has 1 heterocycles. The van der Waals surface area contributed by atoms with E-state index in [1.165, 1.54) is 16.9 Å². The number of nitrogens with one attached hydrogen (secondary N) is 1. The van der Waals surface area contributed by atoms with Crippen LogP contribution in [0.4, 0.5) is 10.7 Å². The minimum atomic E-state index is -0.480. The van der Waals surface area contributed by atoms with Gasteiger partial charge in [-0.1, -0.05) is 37.3 Å². The van der Waals surface area contributed by atoms with Crippen LogP contribution in [-0.2, 0) is 0 Å². The highest BCUT2D eigenvalue weighted by molar-refractivity contribution is 7.18. The Morgan fingerprint density at radius 1 is 1.37 bits per heavy atom. The number of carbonyl (C=O) groups excluding carboxylic acids is 1. The largest absolute Gasteiger partial charge is 0.397 e. The SMILES string of the molecule is CC(CNc1cc(N)c(C(N)=O)s1)c1ccccc1. The van der Waals surface area contributed by atoms with Crippen LogP contribution in [0.1, 0.15) is 28.1 Å². The fraction of sp³-hybridized carbons (Fsp3) is 0.214. The van der Waals surface area contributed by atoms with Gasteiger partial charge in [-0.3, -0.25) is 4.79 Å². The molecule has 0 aliphatic rings. The van der Waals surface area contributed by atoms with Gasteiger partial charge in [0.15, 0.2) is 0 Å². The molecule has 0 fully saturated rings. The molecule has 0 saturated heterocycles. The van der Waals surface area contributed by atoms with Crippen molar-refractivity contribution < 1.29 is 4.79 Å². The van der Waals surface area contributed by atoms with E-state index in [1.54, 1.807) is 6.07 Å². The molecular formula is C14H17N3OS. The normalized spacial score (nSPS) is 12.1. The molecule has 1 atom stereocenters. The van der Waals surface area contributed by atoms with Crippen LogP contribution in [0, 0.1) is 0 Å². The first-order valence-electron chi connectivity index (χ1n) is 6.06. The number of benzene rings is 1. The Hall–Kier alpha value is -2.01. The Kier molecular flexibility index (Phi) is 4.06. The van der Waals surface area contributed by atoms with Crippen molar-refractivity contribution >= 4 is 27.9 Å². The van der Waals surface area contributed by atoms with Gasteiger partial charge >= 0.3 is 0 Å². The van der Waals surface area contributed by atoms with Gasteiger partial charge < -0.3 is 16.8 Å². The Bertz CT molecular complexity index is 565. The van der Waals surface area contributed by atoms with Crippen molar-refractivity contribution in [2.24, 2.45) is 5.73 Å². The molecule has 19 heavy (non-hydrogen) atoms. The van der Waals surface area contributed by atoms with Gasteiger partial charge in [0, 0.05) is 6.54 Å². The monoisotopic (exact) mass is 275 g/mol. The van der Waals surface area contributed by atoms with Gasteiger partial charge in [0.25, 0.3) is 5.91 Å². The standard InChI is InChI=1S/C14H17N3OS/c1-9(10-5-3-2-4-6-10)8-17-12-7-11(15)13(19-12)14(16)18/h2-7,9,17H,8,15H2,1H3,(H2,16,18). The Labute approximate surface area is 116 Å². The van der Waals surface area contributed by atoms with Crippen molar-refractivity contribution in [1.82, 2.24) is 0 Å². The predicted molar refractivity (Wildman–Crippen MR) is 80.6 cm³/mol. The summed E-state index contributed by atoms with van der Waals surface area (Å²) in [7, 11) is 0. The van der Waals surface area contributed by atoms with Crippen molar-refractivity contribution in [3.05, 3.63) is 46.8 Å². The molecule has 1 amide bonds. The van der Waals surface area contributed by atoms with Crippen molar-refractivity contribution in [2.75, 3.05) is 17.6 Å². The first-order chi connectivity index (χ1) is 9.08. The first-order valence-corrected chi connectivity index (χ1v) is 6.87. The number of anilines is 2.